The van der Waals surface area contributed by atoms with E-state index in [1.54, 1.807) is 34.0 Å². The van der Waals surface area contributed by atoms with Crippen molar-refractivity contribution in [3.8, 4) is 0 Å². The molecule has 0 N–H and O–H groups in total. The topological polar surface area (TPSA) is 25.8 Å². The largest absolute Gasteiger partial charge is 0.255 e. The lowest BCUT2D eigenvalue weighted by molar-refractivity contribution is 1.25. The first-order valence-electron chi connectivity index (χ1n) is 3.94. The Labute approximate surface area is 90.6 Å². The van der Waals surface area contributed by atoms with Crippen molar-refractivity contribution < 1.29 is 0 Å². The highest BCUT2D eigenvalue weighted by molar-refractivity contribution is 8.76. The molecule has 2 rings (SSSR count). The molecular formula is C10H6N2S2. The van der Waals surface area contributed by atoms with Gasteiger partial charge in [0.15, 0.2) is 0 Å². The second-order valence-corrected chi connectivity index (χ2v) is 4.68. The van der Waals surface area contributed by atoms with Gasteiger partial charge in [-0.2, -0.15) is 0 Å². The summed E-state index contributed by atoms with van der Waals surface area (Å²) in [7, 11) is 3.34. The van der Waals surface area contributed by atoms with Gasteiger partial charge in [0.25, 0.3) is 0 Å². The van der Waals surface area contributed by atoms with Gasteiger partial charge in [-0.05, 0) is 24.3 Å². The number of nitrogens with zero attached hydrogens (tertiary/aromatic N) is 2. The quantitative estimate of drug-likeness (QED) is 0.740. The fraction of sp³-hybridized carbons (Fsp3) is 0. The molecule has 0 unspecified atom stereocenters. The van der Waals surface area contributed by atoms with Crippen LogP contribution in [0.4, 0.5) is 0 Å². The molecule has 0 aromatic carbocycles. The number of hydrogen-bond acceptors (Lipinski definition) is 4. The maximum absolute atomic E-state index is 3.84. The number of pyridine rings is 2. The summed E-state index contributed by atoms with van der Waals surface area (Å²) < 4.78 is 0. The molecule has 0 amide bonds. The summed E-state index contributed by atoms with van der Waals surface area (Å²) in [5, 5.41) is 0. The molecule has 2 heterocycles. The maximum Gasteiger partial charge on any atom is 0.0897 e. The van der Waals surface area contributed by atoms with E-state index in [0.29, 0.717) is 0 Å². The molecular weight excluding hydrogens is 212 g/mol. The number of rotatable bonds is 3. The molecule has 0 aliphatic rings. The summed E-state index contributed by atoms with van der Waals surface area (Å²) in [5.41, 5.74) is 0. The molecule has 68 valence electrons. The van der Waals surface area contributed by atoms with Crippen molar-refractivity contribution in [3.05, 3.63) is 49.1 Å². The van der Waals surface area contributed by atoms with Crippen molar-refractivity contribution >= 4 is 21.6 Å². The molecule has 0 atom stereocenters. The van der Waals surface area contributed by atoms with Crippen molar-refractivity contribution in [2.75, 3.05) is 0 Å². The van der Waals surface area contributed by atoms with Crippen LogP contribution in [0.15, 0.2) is 46.5 Å². The monoisotopic (exact) mass is 218 g/mol. The molecule has 0 bridgehead atoms. The summed E-state index contributed by atoms with van der Waals surface area (Å²) in [6, 6.07) is 7.64. The third kappa shape index (κ3) is 2.75. The van der Waals surface area contributed by atoms with E-state index in [1.807, 2.05) is 24.3 Å². The summed E-state index contributed by atoms with van der Waals surface area (Å²) in [6.07, 6.45) is 9.06. The van der Waals surface area contributed by atoms with Crippen molar-refractivity contribution in [3.63, 3.8) is 0 Å². The van der Waals surface area contributed by atoms with Gasteiger partial charge in [-0.15, -0.1) is 0 Å². The van der Waals surface area contributed by atoms with Gasteiger partial charge >= 0.3 is 0 Å². The zero-order valence-corrected chi connectivity index (χ0v) is 8.81. The Morgan fingerprint density at radius 1 is 0.857 bits per heavy atom. The minimum Gasteiger partial charge on any atom is -0.255 e. The summed E-state index contributed by atoms with van der Waals surface area (Å²) >= 11 is 0. The van der Waals surface area contributed by atoms with Gasteiger partial charge in [0.05, 0.1) is 12.4 Å². The van der Waals surface area contributed by atoms with E-state index in [-0.39, 0.29) is 0 Å². The first kappa shape index (κ1) is 9.55. The van der Waals surface area contributed by atoms with Crippen LogP contribution >= 0.6 is 21.6 Å². The van der Waals surface area contributed by atoms with Crippen LogP contribution in [0.25, 0.3) is 0 Å². The van der Waals surface area contributed by atoms with Gasteiger partial charge in [0.2, 0.25) is 0 Å². The molecule has 0 fully saturated rings. The molecule has 2 radical (unpaired) electrons. The van der Waals surface area contributed by atoms with E-state index in [9.17, 15) is 0 Å². The highest BCUT2D eigenvalue weighted by Crippen LogP contribution is 2.36. The first-order valence-corrected chi connectivity index (χ1v) is 6.09. The molecule has 2 aromatic heterocycles. The Balaban J connectivity index is 1.96. The minimum atomic E-state index is 1.14. The normalized spacial score (nSPS) is 10.0. The van der Waals surface area contributed by atoms with Crippen LogP contribution in [0, 0.1) is 12.4 Å². The van der Waals surface area contributed by atoms with Gasteiger partial charge in [0, 0.05) is 22.2 Å². The number of aromatic nitrogens is 2. The Hall–Kier alpha value is -1.00. The maximum atomic E-state index is 3.84. The van der Waals surface area contributed by atoms with Crippen molar-refractivity contribution in [2.45, 2.75) is 9.79 Å². The molecule has 4 heteroatoms. The predicted molar refractivity (Wildman–Crippen MR) is 57.9 cm³/mol. The van der Waals surface area contributed by atoms with Crippen LogP contribution in [-0.2, 0) is 0 Å². The molecule has 0 aliphatic heterocycles. The fourth-order valence-corrected chi connectivity index (χ4v) is 2.63. The molecule has 0 saturated heterocycles. The molecule has 0 saturated carbocycles. The predicted octanol–water partition coefficient (Wildman–Crippen LogP) is 2.88. The van der Waals surface area contributed by atoms with Crippen molar-refractivity contribution in [2.24, 2.45) is 0 Å². The average molecular weight is 218 g/mol. The fourth-order valence-electron chi connectivity index (χ4n) is 0.805. The highest BCUT2D eigenvalue weighted by Gasteiger charge is 1.95. The zero-order valence-electron chi connectivity index (χ0n) is 7.18. The molecule has 0 aliphatic carbocycles. The Kier molecular flexibility index (Phi) is 3.43. The SMILES string of the molecule is [c]1cc(SSc2c[c]ncc2)ccn1. The summed E-state index contributed by atoms with van der Waals surface area (Å²) in [6.45, 7) is 0. The average Bonchev–Trinajstić information content (AvgIpc) is 2.29. The molecule has 2 nitrogen and oxygen atoms in total. The van der Waals surface area contributed by atoms with Gasteiger partial charge < -0.3 is 0 Å². The van der Waals surface area contributed by atoms with E-state index < -0.39 is 0 Å². The Bertz CT molecular complexity index is 338. The summed E-state index contributed by atoms with van der Waals surface area (Å²) in [4.78, 5) is 9.95. The van der Waals surface area contributed by atoms with Crippen LogP contribution in [-0.4, -0.2) is 9.97 Å². The van der Waals surface area contributed by atoms with Crippen LogP contribution in [0.1, 0.15) is 0 Å². The van der Waals surface area contributed by atoms with E-state index >= 15 is 0 Å². The molecule has 2 aromatic rings. The smallest absolute Gasteiger partial charge is 0.0897 e. The zero-order chi connectivity index (χ0) is 9.64. The van der Waals surface area contributed by atoms with Gasteiger partial charge in [-0.1, -0.05) is 21.6 Å². The third-order valence-corrected chi connectivity index (χ3v) is 3.80. The lowest BCUT2D eigenvalue weighted by atomic mass is 10.5. The van der Waals surface area contributed by atoms with Gasteiger partial charge in [0.1, 0.15) is 0 Å². The minimum absolute atomic E-state index is 1.14. The summed E-state index contributed by atoms with van der Waals surface area (Å²) in [5.74, 6) is 0. The third-order valence-electron chi connectivity index (χ3n) is 1.42. The van der Waals surface area contributed by atoms with Gasteiger partial charge in [-0.3, -0.25) is 9.97 Å². The second kappa shape index (κ2) is 5.02. The second-order valence-electron chi connectivity index (χ2n) is 2.41. The van der Waals surface area contributed by atoms with E-state index in [1.165, 1.54) is 0 Å². The van der Waals surface area contributed by atoms with E-state index in [4.69, 9.17) is 0 Å². The van der Waals surface area contributed by atoms with E-state index in [2.05, 4.69) is 22.4 Å². The number of hydrogen-bond donors (Lipinski definition) is 0. The van der Waals surface area contributed by atoms with Crippen LogP contribution < -0.4 is 0 Å². The Morgan fingerprint density at radius 2 is 1.36 bits per heavy atom. The van der Waals surface area contributed by atoms with E-state index in [0.717, 1.165) is 9.79 Å². The lowest BCUT2D eigenvalue weighted by Gasteiger charge is -1.98. The van der Waals surface area contributed by atoms with Crippen LogP contribution in [0.5, 0.6) is 0 Å². The lowest BCUT2D eigenvalue weighted by Crippen LogP contribution is -1.72. The van der Waals surface area contributed by atoms with Crippen molar-refractivity contribution in [1.82, 2.24) is 9.97 Å². The highest BCUT2D eigenvalue weighted by atomic mass is 33.1. The molecule has 14 heavy (non-hydrogen) atoms. The van der Waals surface area contributed by atoms with Gasteiger partial charge in [-0.25, -0.2) is 0 Å². The first-order chi connectivity index (χ1) is 6.95. The van der Waals surface area contributed by atoms with Crippen LogP contribution in [0.3, 0.4) is 0 Å². The standard InChI is InChI=1S/C10H6N2S2/c1-5-11-6-2-9(1)13-14-10-3-7-12-8-4-10/h1-5,7H. The molecule has 0 spiro atoms. The van der Waals surface area contributed by atoms with Crippen LogP contribution in [0.2, 0.25) is 0 Å². The Morgan fingerprint density at radius 3 is 1.71 bits per heavy atom. The van der Waals surface area contributed by atoms with Crippen molar-refractivity contribution in [1.29, 1.82) is 0 Å².